The second kappa shape index (κ2) is 6.21. The van der Waals surface area contributed by atoms with Gasteiger partial charge in [0.1, 0.15) is 23.9 Å². The normalized spacial score (nSPS) is 10.3. The summed E-state index contributed by atoms with van der Waals surface area (Å²) in [5.74, 6) is 0.391. The van der Waals surface area contributed by atoms with E-state index in [0.29, 0.717) is 17.2 Å². The number of benzene rings is 1. The maximum Gasteiger partial charge on any atom is 0.221 e. The topological polar surface area (TPSA) is 74.5 Å². The molecule has 20 heavy (non-hydrogen) atoms. The number of aliphatic hydroxyl groups is 1. The molecule has 0 aliphatic carbocycles. The van der Waals surface area contributed by atoms with Gasteiger partial charge < -0.3 is 20.2 Å². The average molecular weight is 278 g/mol. The lowest BCUT2D eigenvalue weighted by molar-refractivity contribution is -0.114. The summed E-state index contributed by atoms with van der Waals surface area (Å²) >= 11 is 0. The molecule has 0 saturated carbocycles. The molecule has 0 atom stereocenters. The predicted molar refractivity (Wildman–Crippen MR) is 72.7 cm³/mol. The van der Waals surface area contributed by atoms with E-state index in [4.69, 9.17) is 9.52 Å². The molecule has 3 N–H and O–H groups in total. The van der Waals surface area contributed by atoms with Gasteiger partial charge in [-0.15, -0.1) is 0 Å². The van der Waals surface area contributed by atoms with Crippen molar-refractivity contribution in [2.45, 2.75) is 20.1 Å². The van der Waals surface area contributed by atoms with Gasteiger partial charge in [0.15, 0.2) is 0 Å². The first kappa shape index (κ1) is 14.1. The second-order valence-electron chi connectivity index (χ2n) is 4.26. The van der Waals surface area contributed by atoms with Crippen LogP contribution in [0.15, 0.2) is 34.7 Å². The third-order valence-corrected chi connectivity index (χ3v) is 2.61. The molecule has 0 radical (unpaired) electrons. The van der Waals surface area contributed by atoms with E-state index in [2.05, 4.69) is 10.6 Å². The number of amides is 1. The van der Waals surface area contributed by atoms with Crippen LogP contribution in [0.5, 0.6) is 0 Å². The number of halogens is 1. The van der Waals surface area contributed by atoms with Crippen LogP contribution in [0.25, 0.3) is 0 Å². The van der Waals surface area contributed by atoms with Gasteiger partial charge in [0, 0.05) is 12.6 Å². The third-order valence-electron chi connectivity index (χ3n) is 2.61. The Morgan fingerprint density at radius 1 is 1.30 bits per heavy atom. The summed E-state index contributed by atoms with van der Waals surface area (Å²) in [7, 11) is 0. The van der Waals surface area contributed by atoms with Gasteiger partial charge in [-0.2, -0.15) is 0 Å². The largest absolute Gasteiger partial charge is 0.462 e. The van der Waals surface area contributed by atoms with Crippen molar-refractivity contribution < 1.29 is 18.7 Å². The number of nitrogens with one attached hydrogen (secondary N) is 2. The van der Waals surface area contributed by atoms with Gasteiger partial charge in [-0.1, -0.05) is 0 Å². The maximum absolute atomic E-state index is 13.6. The number of rotatable bonds is 5. The van der Waals surface area contributed by atoms with Crippen molar-refractivity contribution in [3.63, 3.8) is 0 Å². The molecule has 1 aromatic carbocycles. The Hall–Kier alpha value is -2.34. The van der Waals surface area contributed by atoms with Gasteiger partial charge in [-0.25, -0.2) is 4.39 Å². The summed E-state index contributed by atoms with van der Waals surface area (Å²) in [5, 5.41) is 14.3. The highest BCUT2D eigenvalue weighted by molar-refractivity contribution is 5.89. The van der Waals surface area contributed by atoms with E-state index in [1.54, 1.807) is 12.1 Å². The highest BCUT2D eigenvalue weighted by atomic mass is 19.1. The van der Waals surface area contributed by atoms with Crippen molar-refractivity contribution >= 4 is 17.3 Å². The zero-order valence-electron chi connectivity index (χ0n) is 10.9. The van der Waals surface area contributed by atoms with Crippen molar-refractivity contribution in [3.05, 3.63) is 47.7 Å². The van der Waals surface area contributed by atoms with Gasteiger partial charge in [0.25, 0.3) is 0 Å². The van der Waals surface area contributed by atoms with E-state index in [9.17, 15) is 9.18 Å². The quantitative estimate of drug-likeness (QED) is 0.785. The van der Waals surface area contributed by atoms with Gasteiger partial charge in [0.2, 0.25) is 5.91 Å². The maximum atomic E-state index is 13.6. The van der Waals surface area contributed by atoms with E-state index < -0.39 is 5.82 Å². The lowest BCUT2D eigenvalue weighted by atomic mass is 10.2. The number of carbonyl (C=O) groups is 1. The Balaban J connectivity index is 2.06. The SMILES string of the molecule is CC(=O)Nc1ccc(F)c(NCc2ccc(CO)o2)c1. The molecule has 0 spiro atoms. The van der Waals surface area contributed by atoms with Crippen LogP contribution in [0, 0.1) is 5.82 Å². The summed E-state index contributed by atoms with van der Waals surface area (Å²) in [4.78, 5) is 11.0. The van der Waals surface area contributed by atoms with Crippen LogP contribution in [-0.4, -0.2) is 11.0 Å². The lowest BCUT2D eigenvalue weighted by Crippen LogP contribution is -2.07. The summed E-state index contributed by atoms with van der Waals surface area (Å²) in [6, 6.07) is 7.62. The van der Waals surface area contributed by atoms with Crippen LogP contribution < -0.4 is 10.6 Å². The van der Waals surface area contributed by atoms with Gasteiger partial charge >= 0.3 is 0 Å². The number of hydrogen-bond acceptors (Lipinski definition) is 4. The van der Waals surface area contributed by atoms with Crippen LogP contribution in [0.1, 0.15) is 18.4 Å². The van der Waals surface area contributed by atoms with Crippen LogP contribution >= 0.6 is 0 Å². The molecular weight excluding hydrogens is 263 g/mol. The molecule has 1 amide bonds. The fourth-order valence-corrected chi connectivity index (χ4v) is 1.73. The molecule has 106 valence electrons. The van der Waals surface area contributed by atoms with Crippen molar-refractivity contribution in [1.29, 1.82) is 0 Å². The number of furan rings is 1. The predicted octanol–water partition coefficient (Wildman–Crippen LogP) is 2.48. The first-order valence-corrected chi connectivity index (χ1v) is 6.08. The molecule has 0 aliphatic rings. The molecule has 2 rings (SSSR count). The summed E-state index contributed by atoms with van der Waals surface area (Å²) < 4.78 is 18.9. The van der Waals surface area contributed by atoms with Gasteiger partial charge in [-0.3, -0.25) is 4.79 Å². The zero-order chi connectivity index (χ0) is 14.5. The van der Waals surface area contributed by atoms with Crippen LogP contribution in [0.2, 0.25) is 0 Å². The molecule has 0 aliphatic heterocycles. The Kier molecular flexibility index (Phi) is 4.37. The standard InChI is InChI=1S/C14H15FN2O3/c1-9(19)17-10-2-5-13(15)14(6-10)16-7-11-3-4-12(8-18)20-11/h2-6,16,18H,7-8H2,1H3,(H,17,19). The summed E-state index contributed by atoms with van der Waals surface area (Å²) in [5.41, 5.74) is 0.773. The minimum absolute atomic E-state index is 0.174. The fraction of sp³-hybridized carbons (Fsp3) is 0.214. The van der Waals surface area contributed by atoms with Crippen LogP contribution in [0.3, 0.4) is 0 Å². The Morgan fingerprint density at radius 2 is 2.05 bits per heavy atom. The highest BCUT2D eigenvalue weighted by Crippen LogP contribution is 2.20. The number of carbonyl (C=O) groups excluding carboxylic acids is 1. The molecule has 0 saturated heterocycles. The molecule has 2 aromatic rings. The third kappa shape index (κ3) is 3.58. The molecule has 1 aromatic heterocycles. The van der Waals surface area contributed by atoms with Gasteiger partial charge in [0.05, 0.1) is 12.2 Å². The van der Waals surface area contributed by atoms with Crippen molar-refractivity contribution in [2.75, 3.05) is 10.6 Å². The molecule has 0 bridgehead atoms. The van der Waals surface area contributed by atoms with E-state index >= 15 is 0 Å². The monoisotopic (exact) mass is 278 g/mol. The smallest absolute Gasteiger partial charge is 0.221 e. The minimum Gasteiger partial charge on any atom is -0.462 e. The second-order valence-corrected chi connectivity index (χ2v) is 4.26. The van der Waals surface area contributed by atoms with E-state index in [1.165, 1.54) is 25.1 Å². The lowest BCUT2D eigenvalue weighted by Gasteiger charge is -2.09. The molecule has 1 heterocycles. The molecule has 5 nitrogen and oxygen atoms in total. The van der Waals surface area contributed by atoms with Crippen LogP contribution in [0.4, 0.5) is 15.8 Å². The Labute approximate surface area is 115 Å². The molecule has 0 unspecified atom stereocenters. The van der Waals surface area contributed by atoms with Crippen molar-refractivity contribution in [3.8, 4) is 0 Å². The van der Waals surface area contributed by atoms with Gasteiger partial charge in [-0.05, 0) is 30.3 Å². The summed E-state index contributed by atoms with van der Waals surface area (Å²) in [6.07, 6.45) is 0. The Morgan fingerprint density at radius 3 is 2.70 bits per heavy atom. The first-order valence-electron chi connectivity index (χ1n) is 6.08. The molecule has 6 heteroatoms. The fourth-order valence-electron chi connectivity index (χ4n) is 1.73. The molecule has 0 fully saturated rings. The van der Waals surface area contributed by atoms with E-state index in [1.807, 2.05) is 0 Å². The number of anilines is 2. The number of hydrogen-bond donors (Lipinski definition) is 3. The van der Waals surface area contributed by atoms with Crippen molar-refractivity contribution in [1.82, 2.24) is 0 Å². The Bertz CT molecular complexity index is 610. The molecular formula is C14H15FN2O3. The number of aliphatic hydroxyl groups excluding tert-OH is 1. The van der Waals surface area contributed by atoms with E-state index in [-0.39, 0.29) is 24.7 Å². The summed E-state index contributed by atoms with van der Waals surface area (Å²) in [6.45, 7) is 1.49. The first-order chi connectivity index (χ1) is 9.58. The minimum atomic E-state index is -0.423. The van der Waals surface area contributed by atoms with Crippen molar-refractivity contribution in [2.24, 2.45) is 0 Å². The zero-order valence-corrected chi connectivity index (χ0v) is 10.9. The average Bonchev–Trinajstić information content (AvgIpc) is 2.87. The highest BCUT2D eigenvalue weighted by Gasteiger charge is 2.06. The van der Waals surface area contributed by atoms with E-state index in [0.717, 1.165) is 0 Å². The van der Waals surface area contributed by atoms with Crippen LogP contribution in [-0.2, 0) is 17.9 Å².